The molecule has 2 N–H and O–H groups in total. The Labute approximate surface area is 132 Å². The van der Waals surface area contributed by atoms with E-state index in [1.54, 1.807) is 0 Å². The van der Waals surface area contributed by atoms with Gasteiger partial charge in [-0.3, -0.25) is 14.7 Å². The standard InChI is InChI=1S/C14H7ClF3N3O2/c15-9-11(12(22)8-5-19-21-10(8)13(9)23)20-7-3-1-6(2-4-7)14(16,17)18/h1-5,20H,(H,19,21). The summed E-state index contributed by atoms with van der Waals surface area (Å²) in [6.45, 7) is 0. The number of hydrogen-bond acceptors (Lipinski definition) is 4. The van der Waals surface area contributed by atoms with Gasteiger partial charge in [-0.1, -0.05) is 11.6 Å². The molecule has 1 heterocycles. The maximum Gasteiger partial charge on any atom is 0.416 e. The molecule has 0 amide bonds. The van der Waals surface area contributed by atoms with E-state index in [9.17, 15) is 22.8 Å². The Balaban J connectivity index is 1.92. The molecule has 0 saturated carbocycles. The molecule has 0 saturated heterocycles. The molecule has 1 aliphatic rings. The molecule has 118 valence electrons. The van der Waals surface area contributed by atoms with Crippen LogP contribution in [0.3, 0.4) is 0 Å². The fraction of sp³-hybridized carbons (Fsp3) is 0.0714. The highest BCUT2D eigenvalue weighted by Crippen LogP contribution is 2.31. The van der Waals surface area contributed by atoms with E-state index >= 15 is 0 Å². The second kappa shape index (κ2) is 5.24. The number of hydrogen-bond donors (Lipinski definition) is 2. The van der Waals surface area contributed by atoms with Crippen molar-refractivity contribution in [2.75, 3.05) is 5.32 Å². The number of allylic oxidation sites excluding steroid dienone is 2. The normalized spacial score (nSPS) is 15.0. The summed E-state index contributed by atoms with van der Waals surface area (Å²) in [5.74, 6) is -1.19. The number of nitrogens with zero attached hydrogens (tertiary/aromatic N) is 1. The molecule has 23 heavy (non-hydrogen) atoms. The molecule has 1 aromatic heterocycles. The zero-order valence-electron chi connectivity index (χ0n) is 11.2. The average molecular weight is 342 g/mol. The number of rotatable bonds is 2. The van der Waals surface area contributed by atoms with Crippen LogP contribution in [0.5, 0.6) is 0 Å². The van der Waals surface area contributed by atoms with Crippen molar-refractivity contribution < 1.29 is 22.8 Å². The van der Waals surface area contributed by atoms with Crippen molar-refractivity contribution in [2.24, 2.45) is 0 Å². The first-order valence-electron chi connectivity index (χ1n) is 6.26. The molecule has 0 atom stereocenters. The number of nitrogens with one attached hydrogen (secondary N) is 2. The van der Waals surface area contributed by atoms with Crippen molar-refractivity contribution in [3.63, 3.8) is 0 Å². The van der Waals surface area contributed by atoms with Crippen LogP contribution in [0.2, 0.25) is 0 Å². The summed E-state index contributed by atoms with van der Waals surface area (Å²) in [6, 6.07) is 4.00. The summed E-state index contributed by atoms with van der Waals surface area (Å²) in [7, 11) is 0. The predicted octanol–water partition coefficient (Wildman–Crippen LogP) is 3.37. The first kappa shape index (κ1) is 15.3. The summed E-state index contributed by atoms with van der Waals surface area (Å²) >= 11 is 5.89. The lowest BCUT2D eigenvalue weighted by molar-refractivity contribution is -0.137. The number of Topliss-reactive ketones (excluding diaryl/α,β-unsaturated/α-hetero) is 2. The maximum atomic E-state index is 12.5. The van der Waals surface area contributed by atoms with Crippen molar-refractivity contribution in [2.45, 2.75) is 6.18 Å². The van der Waals surface area contributed by atoms with E-state index in [-0.39, 0.29) is 27.7 Å². The van der Waals surface area contributed by atoms with Crippen molar-refractivity contribution in [3.8, 4) is 0 Å². The van der Waals surface area contributed by atoms with Crippen molar-refractivity contribution >= 4 is 28.9 Å². The minimum Gasteiger partial charge on any atom is -0.351 e. The van der Waals surface area contributed by atoms with Gasteiger partial charge < -0.3 is 5.32 Å². The number of fused-ring (bicyclic) bond motifs is 1. The van der Waals surface area contributed by atoms with Gasteiger partial charge in [0.1, 0.15) is 16.4 Å². The molecule has 9 heteroatoms. The summed E-state index contributed by atoms with van der Waals surface area (Å²) in [5, 5.41) is 8.23. The third-order valence-corrected chi connectivity index (χ3v) is 3.60. The number of carbonyl (C=O) groups excluding carboxylic acids is 2. The molecule has 1 aromatic carbocycles. The van der Waals surface area contributed by atoms with Crippen LogP contribution < -0.4 is 5.32 Å². The van der Waals surface area contributed by atoms with Crippen LogP contribution in [0, 0.1) is 0 Å². The third kappa shape index (κ3) is 2.61. The molecule has 3 rings (SSSR count). The molecule has 0 spiro atoms. The fourth-order valence-corrected chi connectivity index (χ4v) is 2.32. The molecule has 0 radical (unpaired) electrons. The Morgan fingerprint density at radius 3 is 2.35 bits per heavy atom. The Hall–Kier alpha value is -2.61. The number of aromatic nitrogens is 2. The Bertz CT molecular complexity index is 838. The number of anilines is 1. The van der Waals surface area contributed by atoms with E-state index in [0.29, 0.717) is 0 Å². The molecule has 1 aliphatic carbocycles. The van der Waals surface area contributed by atoms with Gasteiger partial charge in [-0.15, -0.1) is 0 Å². The van der Waals surface area contributed by atoms with Gasteiger partial charge in [-0.25, -0.2) is 0 Å². The van der Waals surface area contributed by atoms with Crippen LogP contribution in [0.1, 0.15) is 26.4 Å². The maximum absolute atomic E-state index is 12.5. The monoisotopic (exact) mass is 341 g/mol. The summed E-state index contributed by atoms with van der Waals surface area (Å²) in [5.41, 5.74) is -0.803. The molecule has 0 fully saturated rings. The lowest BCUT2D eigenvalue weighted by atomic mass is 9.99. The molecular weight excluding hydrogens is 335 g/mol. The molecule has 2 aromatic rings. The van der Waals surface area contributed by atoms with Crippen molar-refractivity contribution in [3.05, 3.63) is 58.0 Å². The Morgan fingerprint density at radius 2 is 1.74 bits per heavy atom. The molecular formula is C14H7ClF3N3O2. The number of aromatic amines is 1. The van der Waals surface area contributed by atoms with E-state index in [0.717, 1.165) is 24.3 Å². The van der Waals surface area contributed by atoms with Gasteiger partial charge in [0, 0.05) is 5.69 Å². The smallest absolute Gasteiger partial charge is 0.351 e. The first-order valence-corrected chi connectivity index (χ1v) is 6.63. The van der Waals surface area contributed by atoms with Gasteiger partial charge in [0.15, 0.2) is 0 Å². The highest BCUT2D eigenvalue weighted by atomic mass is 35.5. The number of carbonyl (C=O) groups is 2. The van der Waals surface area contributed by atoms with Crippen LogP contribution in [0.15, 0.2) is 41.2 Å². The molecule has 0 unspecified atom stereocenters. The summed E-state index contributed by atoms with van der Waals surface area (Å²) in [6.07, 6.45) is -3.27. The minimum absolute atomic E-state index is 0.0158. The SMILES string of the molecule is O=C1C(Nc2ccc(C(F)(F)F)cc2)=C(Cl)C(=O)c2[nH]ncc21. The fourth-order valence-electron chi connectivity index (χ4n) is 2.09. The van der Waals surface area contributed by atoms with Gasteiger partial charge in [-0.05, 0) is 24.3 Å². The largest absolute Gasteiger partial charge is 0.416 e. The van der Waals surface area contributed by atoms with Gasteiger partial charge in [0.2, 0.25) is 11.6 Å². The Morgan fingerprint density at radius 1 is 1.09 bits per heavy atom. The molecule has 5 nitrogen and oxygen atoms in total. The number of H-pyrrole nitrogens is 1. The zero-order chi connectivity index (χ0) is 16.8. The van der Waals surface area contributed by atoms with Gasteiger partial charge in [0.25, 0.3) is 0 Å². The van der Waals surface area contributed by atoms with Crippen LogP contribution in [-0.2, 0) is 6.18 Å². The number of benzene rings is 1. The van der Waals surface area contributed by atoms with Crippen LogP contribution in [0.4, 0.5) is 18.9 Å². The lowest BCUT2D eigenvalue weighted by Gasteiger charge is -2.16. The van der Waals surface area contributed by atoms with E-state index in [1.807, 2.05) is 0 Å². The predicted molar refractivity (Wildman–Crippen MR) is 75.2 cm³/mol. The minimum atomic E-state index is -4.46. The van der Waals surface area contributed by atoms with E-state index in [2.05, 4.69) is 15.5 Å². The molecule has 0 aliphatic heterocycles. The Kier molecular flexibility index (Phi) is 3.48. The van der Waals surface area contributed by atoms with E-state index in [1.165, 1.54) is 6.20 Å². The number of ketones is 2. The van der Waals surface area contributed by atoms with Gasteiger partial charge in [0.05, 0.1) is 17.3 Å². The van der Waals surface area contributed by atoms with E-state index in [4.69, 9.17) is 11.6 Å². The van der Waals surface area contributed by atoms with Crippen LogP contribution >= 0.6 is 11.6 Å². The molecule has 0 bridgehead atoms. The number of alkyl halides is 3. The topological polar surface area (TPSA) is 74.8 Å². The summed E-state index contributed by atoms with van der Waals surface area (Å²) < 4.78 is 37.6. The van der Waals surface area contributed by atoms with Crippen LogP contribution in [0.25, 0.3) is 0 Å². The summed E-state index contributed by atoms with van der Waals surface area (Å²) in [4.78, 5) is 24.3. The van der Waals surface area contributed by atoms with Crippen molar-refractivity contribution in [1.82, 2.24) is 10.2 Å². The highest BCUT2D eigenvalue weighted by molar-refractivity contribution is 6.50. The van der Waals surface area contributed by atoms with Crippen molar-refractivity contribution in [1.29, 1.82) is 0 Å². The van der Waals surface area contributed by atoms with E-state index < -0.39 is 23.3 Å². The van der Waals surface area contributed by atoms with Crippen LogP contribution in [-0.4, -0.2) is 21.8 Å². The second-order valence-electron chi connectivity index (χ2n) is 4.71. The second-order valence-corrected chi connectivity index (χ2v) is 5.08. The average Bonchev–Trinajstić information content (AvgIpc) is 2.99. The first-order chi connectivity index (χ1) is 10.8. The highest BCUT2D eigenvalue weighted by Gasteiger charge is 2.34. The zero-order valence-corrected chi connectivity index (χ0v) is 11.9. The number of halogens is 4. The van der Waals surface area contributed by atoms with Gasteiger partial charge in [-0.2, -0.15) is 18.3 Å². The van der Waals surface area contributed by atoms with Gasteiger partial charge >= 0.3 is 6.18 Å². The lowest BCUT2D eigenvalue weighted by Crippen LogP contribution is -2.23. The quantitative estimate of drug-likeness (QED) is 0.878. The third-order valence-electron chi connectivity index (χ3n) is 3.24.